The minimum atomic E-state index is 0. The number of nitrogens with two attached hydrogens (primary N) is 1. The molecule has 1 aromatic carbocycles. The Morgan fingerprint density at radius 3 is 3.06 bits per heavy atom. The Morgan fingerprint density at radius 1 is 1.39 bits per heavy atom. The largest absolute Gasteiger partial charge is 0.487 e. The van der Waals surface area contributed by atoms with Crippen molar-refractivity contribution in [1.29, 1.82) is 0 Å². The number of fused-ring (bicyclic) bond motifs is 1. The van der Waals surface area contributed by atoms with Crippen LogP contribution in [0.25, 0.3) is 10.9 Å². The fourth-order valence-electron chi connectivity index (χ4n) is 2.13. The lowest BCUT2D eigenvalue weighted by atomic mass is 10.2. The number of nitrogens with zero attached hydrogens (tertiary/aromatic N) is 1. The monoisotopic (exact) mass is 265 g/mol. The molecule has 4 nitrogen and oxygen atoms in total. The molecule has 96 valence electrons. The highest BCUT2D eigenvalue weighted by atomic mass is 35.5. The summed E-state index contributed by atoms with van der Waals surface area (Å²) in [7, 11) is 0. The van der Waals surface area contributed by atoms with Crippen molar-refractivity contribution >= 4 is 29.0 Å². The van der Waals surface area contributed by atoms with Gasteiger partial charge in [-0.05, 0) is 25.1 Å². The molecule has 0 spiro atoms. The van der Waals surface area contributed by atoms with Crippen LogP contribution in [0.1, 0.15) is 6.42 Å². The topological polar surface area (TPSA) is 60.2 Å². The van der Waals surface area contributed by atoms with Gasteiger partial charge in [0.15, 0.2) is 0 Å². The molecule has 1 atom stereocenters. The van der Waals surface area contributed by atoms with E-state index in [1.165, 1.54) is 0 Å². The zero-order valence-electron chi connectivity index (χ0n) is 9.93. The molecule has 0 radical (unpaired) electrons. The second-order valence-electron chi connectivity index (χ2n) is 4.32. The van der Waals surface area contributed by atoms with Gasteiger partial charge in [0.2, 0.25) is 0 Å². The number of hydrogen-bond acceptors (Lipinski definition) is 4. The van der Waals surface area contributed by atoms with Gasteiger partial charge >= 0.3 is 0 Å². The van der Waals surface area contributed by atoms with E-state index in [0.717, 1.165) is 36.2 Å². The Balaban J connectivity index is 0.00000120. The molecule has 1 unspecified atom stereocenters. The molecule has 1 aromatic heterocycles. The molecule has 1 saturated heterocycles. The summed E-state index contributed by atoms with van der Waals surface area (Å²) in [6.07, 6.45) is 3.03. The molecular weight excluding hydrogens is 250 g/mol. The number of nitrogens with one attached hydrogen (secondary N) is 1. The van der Waals surface area contributed by atoms with Crippen molar-refractivity contribution in [3.05, 3.63) is 30.5 Å². The van der Waals surface area contributed by atoms with Crippen molar-refractivity contribution in [3.8, 4) is 5.75 Å². The van der Waals surface area contributed by atoms with E-state index in [9.17, 15) is 0 Å². The van der Waals surface area contributed by atoms with E-state index in [-0.39, 0.29) is 18.5 Å². The minimum Gasteiger partial charge on any atom is -0.487 e. The molecule has 0 aliphatic carbocycles. The summed E-state index contributed by atoms with van der Waals surface area (Å²) in [6.45, 7) is 1.90. The van der Waals surface area contributed by atoms with Gasteiger partial charge in [-0.15, -0.1) is 12.4 Å². The van der Waals surface area contributed by atoms with E-state index in [1.807, 2.05) is 24.3 Å². The zero-order valence-corrected chi connectivity index (χ0v) is 10.7. The van der Waals surface area contributed by atoms with E-state index in [0.29, 0.717) is 5.69 Å². The van der Waals surface area contributed by atoms with Gasteiger partial charge in [-0.3, -0.25) is 4.98 Å². The number of pyridine rings is 1. The molecule has 2 heterocycles. The van der Waals surface area contributed by atoms with Gasteiger partial charge in [0.05, 0.1) is 11.2 Å². The summed E-state index contributed by atoms with van der Waals surface area (Å²) in [6, 6.07) is 7.74. The maximum Gasteiger partial charge on any atom is 0.144 e. The van der Waals surface area contributed by atoms with Crippen LogP contribution in [0, 0.1) is 0 Å². The Labute approximate surface area is 112 Å². The summed E-state index contributed by atoms with van der Waals surface area (Å²) in [5.74, 6) is 0.741. The third-order valence-electron chi connectivity index (χ3n) is 3.04. The molecule has 0 bridgehead atoms. The molecule has 1 aliphatic heterocycles. The van der Waals surface area contributed by atoms with Crippen molar-refractivity contribution in [2.75, 3.05) is 18.8 Å². The molecule has 3 N–H and O–H groups in total. The third kappa shape index (κ3) is 2.49. The van der Waals surface area contributed by atoms with Gasteiger partial charge in [-0.25, -0.2) is 0 Å². The highest BCUT2D eigenvalue weighted by Crippen LogP contribution is 2.28. The maximum absolute atomic E-state index is 5.99. The fraction of sp³-hybridized carbons (Fsp3) is 0.308. The molecule has 18 heavy (non-hydrogen) atoms. The summed E-state index contributed by atoms with van der Waals surface area (Å²) in [5.41, 5.74) is 7.59. The van der Waals surface area contributed by atoms with E-state index in [2.05, 4.69) is 10.3 Å². The number of nitrogen functional groups attached to an aromatic ring is 1. The van der Waals surface area contributed by atoms with Crippen LogP contribution in [0.15, 0.2) is 30.5 Å². The number of halogens is 1. The Hall–Kier alpha value is -1.52. The average molecular weight is 266 g/mol. The van der Waals surface area contributed by atoms with E-state index < -0.39 is 0 Å². The Morgan fingerprint density at radius 2 is 2.28 bits per heavy atom. The van der Waals surface area contributed by atoms with Gasteiger partial charge < -0.3 is 15.8 Å². The zero-order chi connectivity index (χ0) is 11.7. The minimum absolute atomic E-state index is 0. The SMILES string of the molecule is Cl.Nc1cc2cccnc2cc1OC1CCNC1. The molecule has 2 aromatic rings. The predicted octanol–water partition coefficient (Wildman–Crippen LogP) is 1.98. The summed E-state index contributed by atoms with van der Waals surface area (Å²) < 4.78 is 5.89. The first-order valence-corrected chi connectivity index (χ1v) is 5.84. The lowest BCUT2D eigenvalue weighted by molar-refractivity contribution is 0.224. The van der Waals surface area contributed by atoms with Crippen LogP contribution in [0.4, 0.5) is 5.69 Å². The predicted molar refractivity (Wildman–Crippen MR) is 75.3 cm³/mol. The highest BCUT2D eigenvalue weighted by Gasteiger charge is 2.17. The number of benzene rings is 1. The van der Waals surface area contributed by atoms with Gasteiger partial charge in [-0.1, -0.05) is 6.07 Å². The van der Waals surface area contributed by atoms with Gasteiger partial charge in [-0.2, -0.15) is 0 Å². The van der Waals surface area contributed by atoms with Crippen LogP contribution < -0.4 is 15.8 Å². The van der Waals surface area contributed by atoms with Gasteiger partial charge in [0.1, 0.15) is 11.9 Å². The van der Waals surface area contributed by atoms with Crippen molar-refractivity contribution in [2.45, 2.75) is 12.5 Å². The second-order valence-corrected chi connectivity index (χ2v) is 4.32. The maximum atomic E-state index is 5.99. The Bertz CT molecular complexity index is 541. The molecule has 5 heteroatoms. The van der Waals surface area contributed by atoms with Crippen LogP contribution in [-0.4, -0.2) is 24.2 Å². The lowest BCUT2D eigenvalue weighted by Gasteiger charge is -2.14. The molecule has 3 rings (SSSR count). The third-order valence-corrected chi connectivity index (χ3v) is 3.04. The lowest BCUT2D eigenvalue weighted by Crippen LogP contribution is -2.20. The van der Waals surface area contributed by atoms with Crippen molar-refractivity contribution in [1.82, 2.24) is 10.3 Å². The normalized spacial score (nSPS) is 18.6. The summed E-state index contributed by atoms with van der Waals surface area (Å²) >= 11 is 0. The van der Waals surface area contributed by atoms with Crippen molar-refractivity contribution in [2.24, 2.45) is 0 Å². The van der Waals surface area contributed by atoms with Crippen LogP contribution in [-0.2, 0) is 0 Å². The Kier molecular flexibility index (Phi) is 3.89. The number of aromatic nitrogens is 1. The van der Waals surface area contributed by atoms with Crippen molar-refractivity contribution < 1.29 is 4.74 Å². The van der Waals surface area contributed by atoms with Gasteiger partial charge in [0, 0.05) is 24.2 Å². The molecule has 0 amide bonds. The summed E-state index contributed by atoms with van der Waals surface area (Å²) in [4.78, 5) is 4.31. The fourth-order valence-corrected chi connectivity index (χ4v) is 2.13. The highest BCUT2D eigenvalue weighted by molar-refractivity contribution is 5.85. The van der Waals surface area contributed by atoms with E-state index >= 15 is 0 Å². The standard InChI is InChI=1S/C13H15N3O.ClH/c14-11-6-9-2-1-4-16-12(9)7-13(11)17-10-3-5-15-8-10;/h1-2,4,6-7,10,15H,3,5,8,14H2;1H. The number of ether oxygens (including phenoxy) is 1. The smallest absolute Gasteiger partial charge is 0.144 e. The van der Waals surface area contributed by atoms with Crippen LogP contribution in [0.2, 0.25) is 0 Å². The number of rotatable bonds is 2. The molecule has 1 fully saturated rings. The first kappa shape index (κ1) is 12.9. The first-order chi connectivity index (χ1) is 8.33. The first-order valence-electron chi connectivity index (χ1n) is 5.84. The van der Waals surface area contributed by atoms with Crippen molar-refractivity contribution in [3.63, 3.8) is 0 Å². The van der Waals surface area contributed by atoms with E-state index in [1.54, 1.807) is 6.20 Å². The van der Waals surface area contributed by atoms with E-state index in [4.69, 9.17) is 10.5 Å². The number of hydrogen-bond donors (Lipinski definition) is 2. The van der Waals surface area contributed by atoms with Gasteiger partial charge in [0.25, 0.3) is 0 Å². The van der Waals surface area contributed by atoms with Crippen LogP contribution in [0.3, 0.4) is 0 Å². The molecular formula is C13H16ClN3O. The second kappa shape index (κ2) is 5.42. The number of anilines is 1. The van der Waals surface area contributed by atoms with Crippen LogP contribution >= 0.6 is 12.4 Å². The van der Waals surface area contributed by atoms with Crippen LogP contribution in [0.5, 0.6) is 5.75 Å². The molecule has 0 saturated carbocycles. The molecule has 1 aliphatic rings. The quantitative estimate of drug-likeness (QED) is 0.815. The summed E-state index contributed by atoms with van der Waals surface area (Å²) in [5, 5.41) is 4.31. The average Bonchev–Trinajstić information content (AvgIpc) is 2.83.